The summed E-state index contributed by atoms with van der Waals surface area (Å²) >= 11 is 0. The van der Waals surface area contributed by atoms with E-state index in [0.29, 0.717) is 16.7 Å². The Hall–Kier alpha value is -3.51. The van der Waals surface area contributed by atoms with E-state index in [-0.39, 0.29) is 12.2 Å². The van der Waals surface area contributed by atoms with Crippen molar-refractivity contribution in [2.75, 3.05) is 0 Å². The van der Waals surface area contributed by atoms with Gasteiger partial charge in [-0.2, -0.15) is 0 Å². The van der Waals surface area contributed by atoms with Crippen molar-refractivity contribution in [1.29, 1.82) is 0 Å². The minimum Gasteiger partial charge on any atom is -0.486 e. The second-order valence-corrected chi connectivity index (χ2v) is 6.43. The molecule has 6 heteroatoms. The van der Waals surface area contributed by atoms with Crippen LogP contribution in [0.2, 0.25) is 0 Å². The summed E-state index contributed by atoms with van der Waals surface area (Å²) in [5.74, 6) is 1.20. The topological polar surface area (TPSA) is 79.9 Å². The van der Waals surface area contributed by atoms with Crippen molar-refractivity contribution in [3.05, 3.63) is 100 Å². The highest BCUT2D eigenvalue weighted by Gasteiger charge is 2.05. The first kappa shape index (κ1) is 17.9. The van der Waals surface area contributed by atoms with Crippen LogP contribution in [0.15, 0.2) is 77.9 Å². The number of rotatable bonds is 7. The normalized spacial score (nSPS) is 10.9. The molecule has 2 aromatic carbocycles. The van der Waals surface area contributed by atoms with Crippen LogP contribution in [0.1, 0.15) is 17.0 Å². The van der Waals surface area contributed by atoms with Crippen molar-refractivity contribution in [3.63, 3.8) is 0 Å². The highest BCUT2D eigenvalue weighted by molar-refractivity contribution is 5.75. The van der Waals surface area contributed by atoms with Gasteiger partial charge in [0.1, 0.15) is 18.2 Å². The number of fused-ring (bicyclic) bond motifs is 1. The molecule has 4 aromatic rings. The molecule has 0 fully saturated rings. The minimum atomic E-state index is -0.190. The molecule has 0 aliphatic heterocycles. The summed E-state index contributed by atoms with van der Waals surface area (Å²) in [7, 11) is 0. The Kier molecular flexibility index (Phi) is 5.40. The SMILES string of the molecule is O=c1[nH]c(COc2cccc(CNCc3ccccc3)c2)nc2cnccc12. The number of ether oxygens (including phenoxy) is 1. The first-order valence-corrected chi connectivity index (χ1v) is 9.07. The van der Waals surface area contributed by atoms with Crippen LogP contribution >= 0.6 is 0 Å². The van der Waals surface area contributed by atoms with Gasteiger partial charge in [-0.05, 0) is 29.3 Å². The Labute approximate surface area is 162 Å². The zero-order valence-electron chi connectivity index (χ0n) is 15.3. The molecule has 2 heterocycles. The van der Waals surface area contributed by atoms with Gasteiger partial charge in [-0.25, -0.2) is 4.98 Å². The molecule has 0 atom stereocenters. The summed E-state index contributed by atoms with van der Waals surface area (Å²) in [6, 6.07) is 19.8. The van der Waals surface area contributed by atoms with Crippen molar-refractivity contribution in [2.45, 2.75) is 19.7 Å². The number of hydrogen-bond acceptors (Lipinski definition) is 5. The van der Waals surface area contributed by atoms with Crippen LogP contribution in [-0.4, -0.2) is 15.0 Å². The second-order valence-electron chi connectivity index (χ2n) is 6.43. The monoisotopic (exact) mass is 372 g/mol. The van der Waals surface area contributed by atoms with Crippen LogP contribution in [0.5, 0.6) is 5.75 Å². The summed E-state index contributed by atoms with van der Waals surface area (Å²) in [6.07, 6.45) is 3.15. The molecule has 0 bridgehead atoms. The van der Waals surface area contributed by atoms with Gasteiger partial charge in [-0.15, -0.1) is 0 Å². The molecular weight excluding hydrogens is 352 g/mol. The number of nitrogens with one attached hydrogen (secondary N) is 2. The molecule has 2 N–H and O–H groups in total. The van der Waals surface area contributed by atoms with Crippen LogP contribution in [0.25, 0.3) is 10.9 Å². The second kappa shape index (κ2) is 8.45. The molecule has 6 nitrogen and oxygen atoms in total. The molecule has 0 spiro atoms. The number of pyridine rings is 1. The Bertz CT molecular complexity index is 1130. The number of H-pyrrole nitrogens is 1. The fourth-order valence-corrected chi connectivity index (χ4v) is 2.95. The molecule has 4 rings (SSSR count). The number of hydrogen-bond donors (Lipinski definition) is 2. The molecule has 0 radical (unpaired) electrons. The maximum absolute atomic E-state index is 12.1. The van der Waals surface area contributed by atoms with Gasteiger partial charge in [-0.3, -0.25) is 9.78 Å². The maximum atomic E-state index is 12.1. The smallest absolute Gasteiger partial charge is 0.258 e. The van der Waals surface area contributed by atoms with E-state index in [4.69, 9.17) is 4.74 Å². The van der Waals surface area contributed by atoms with E-state index in [0.717, 1.165) is 24.4 Å². The molecular formula is C22H20N4O2. The average Bonchev–Trinajstić information content (AvgIpc) is 2.73. The maximum Gasteiger partial charge on any atom is 0.258 e. The van der Waals surface area contributed by atoms with Crippen LogP contribution in [0.3, 0.4) is 0 Å². The third-order valence-corrected chi connectivity index (χ3v) is 4.33. The van der Waals surface area contributed by atoms with E-state index >= 15 is 0 Å². The fraction of sp³-hybridized carbons (Fsp3) is 0.136. The van der Waals surface area contributed by atoms with Crippen molar-refractivity contribution >= 4 is 10.9 Å². The Morgan fingerprint density at radius 3 is 2.68 bits per heavy atom. The molecule has 140 valence electrons. The van der Waals surface area contributed by atoms with Gasteiger partial charge < -0.3 is 15.0 Å². The van der Waals surface area contributed by atoms with E-state index in [1.54, 1.807) is 18.5 Å². The first-order chi connectivity index (χ1) is 13.8. The fourth-order valence-electron chi connectivity index (χ4n) is 2.95. The van der Waals surface area contributed by atoms with Gasteiger partial charge in [-0.1, -0.05) is 42.5 Å². The number of aromatic nitrogens is 3. The quantitative estimate of drug-likeness (QED) is 0.521. The predicted molar refractivity (Wildman–Crippen MR) is 108 cm³/mol. The van der Waals surface area contributed by atoms with E-state index in [9.17, 15) is 4.79 Å². The van der Waals surface area contributed by atoms with Crippen LogP contribution in [0.4, 0.5) is 0 Å². The number of nitrogens with zero attached hydrogens (tertiary/aromatic N) is 2. The highest BCUT2D eigenvalue weighted by atomic mass is 16.5. The van der Waals surface area contributed by atoms with E-state index < -0.39 is 0 Å². The number of aromatic amines is 1. The predicted octanol–water partition coefficient (Wildman–Crippen LogP) is 3.19. The van der Waals surface area contributed by atoms with Gasteiger partial charge in [0.05, 0.1) is 17.1 Å². The van der Waals surface area contributed by atoms with Gasteiger partial charge in [0.2, 0.25) is 0 Å². The Morgan fingerprint density at radius 1 is 0.964 bits per heavy atom. The van der Waals surface area contributed by atoms with Crippen molar-refractivity contribution in [1.82, 2.24) is 20.3 Å². The van der Waals surface area contributed by atoms with Gasteiger partial charge >= 0.3 is 0 Å². The molecule has 28 heavy (non-hydrogen) atoms. The van der Waals surface area contributed by atoms with E-state index in [1.807, 2.05) is 42.5 Å². The molecule has 0 aliphatic carbocycles. The Morgan fingerprint density at radius 2 is 1.79 bits per heavy atom. The lowest BCUT2D eigenvalue weighted by molar-refractivity contribution is 0.295. The van der Waals surface area contributed by atoms with E-state index in [1.165, 1.54) is 5.56 Å². The Balaban J connectivity index is 1.38. The average molecular weight is 372 g/mol. The summed E-state index contributed by atoms with van der Waals surface area (Å²) in [5.41, 5.74) is 2.74. The van der Waals surface area contributed by atoms with Crippen LogP contribution in [-0.2, 0) is 19.7 Å². The summed E-state index contributed by atoms with van der Waals surface area (Å²) in [6.45, 7) is 1.73. The lowest BCUT2D eigenvalue weighted by Gasteiger charge is -2.09. The van der Waals surface area contributed by atoms with Crippen molar-refractivity contribution in [2.24, 2.45) is 0 Å². The zero-order chi connectivity index (χ0) is 19.2. The van der Waals surface area contributed by atoms with Crippen LogP contribution in [0, 0.1) is 0 Å². The summed E-state index contributed by atoms with van der Waals surface area (Å²) in [4.78, 5) is 23.3. The molecule has 0 unspecified atom stereocenters. The minimum absolute atomic E-state index is 0.182. The lowest BCUT2D eigenvalue weighted by Crippen LogP contribution is -2.14. The third-order valence-electron chi connectivity index (χ3n) is 4.33. The molecule has 0 aliphatic rings. The highest BCUT2D eigenvalue weighted by Crippen LogP contribution is 2.15. The third kappa shape index (κ3) is 4.42. The molecule has 0 saturated heterocycles. The molecule has 2 aromatic heterocycles. The standard InChI is InChI=1S/C22H20N4O2/c27-22-19-9-10-23-14-20(19)25-21(26-22)15-28-18-8-4-7-17(11-18)13-24-12-16-5-2-1-3-6-16/h1-11,14,24H,12-13,15H2,(H,25,26,27). The lowest BCUT2D eigenvalue weighted by atomic mass is 10.2. The van der Waals surface area contributed by atoms with Crippen molar-refractivity contribution < 1.29 is 4.74 Å². The first-order valence-electron chi connectivity index (χ1n) is 9.07. The largest absolute Gasteiger partial charge is 0.486 e. The van der Waals surface area contributed by atoms with Gasteiger partial charge in [0, 0.05) is 19.3 Å². The number of benzene rings is 2. The van der Waals surface area contributed by atoms with Crippen LogP contribution < -0.4 is 15.6 Å². The van der Waals surface area contributed by atoms with Gasteiger partial charge in [0.25, 0.3) is 5.56 Å². The summed E-state index contributed by atoms with van der Waals surface area (Å²) in [5, 5.41) is 3.94. The van der Waals surface area contributed by atoms with E-state index in [2.05, 4.69) is 32.4 Å². The zero-order valence-corrected chi connectivity index (χ0v) is 15.3. The molecule has 0 saturated carbocycles. The van der Waals surface area contributed by atoms with Gasteiger partial charge in [0.15, 0.2) is 0 Å². The summed E-state index contributed by atoms with van der Waals surface area (Å²) < 4.78 is 5.82. The molecule has 0 amide bonds. The van der Waals surface area contributed by atoms with Crippen molar-refractivity contribution in [3.8, 4) is 5.75 Å².